The van der Waals surface area contributed by atoms with E-state index in [1.165, 1.54) is 5.69 Å². The van der Waals surface area contributed by atoms with Crippen molar-refractivity contribution in [2.45, 2.75) is 38.8 Å². The molecule has 2 rings (SSSR count). The average Bonchev–Trinajstić information content (AvgIpc) is 2.71. The number of likely N-dealkylation sites (N-methyl/N-ethyl adjacent to an activating group) is 1. The van der Waals surface area contributed by atoms with Crippen LogP contribution in [0.3, 0.4) is 0 Å². The van der Waals surface area contributed by atoms with Crippen LogP contribution >= 0.6 is 24.0 Å². The molecule has 28 heavy (non-hydrogen) atoms. The molecule has 0 saturated carbocycles. The lowest BCUT2D eigenvalue weighted by Crippen LogP contribution is -2.51. The first kappa shape index (κ1) is 24.3. The van der Waals surface area contributed by atoms with Crippen molar-refractivity contribution >= 4 is 41.7 Å². The Morgan fingerprint density at radius 1 is 1.32 bits per heavy atom. The second-order valence-electron chi connectivity index (χ2n) is 6.85. The lowest BCUT2D eigenvalue weighted by atomic mass is 10.1. The van der Waals surface area contributed by atoms with Gasteiger partial charge in [-0.1, -0.05) is 18.2 Å². The summed E-state index contributed by atoms with van der Waals surface area (Å²) in [4.78, 5) is 20.1. The summed E-state index contributed by atoms with van der Waals surface area (Å²) in [6.07, 6.45) is 1.56. The molecule has 0 bridgehead atoms. The van der Waals surface area contributed by atoms with Crippen LogP contribution in [0.15, 0.2) is 35.3 Å². The van der Waals surface area contributed by atoms with Crippen molar-refractivity contribution in [3.8, 4) is 0 Å². The van der Waals surface area contributed by atoms with E-state index in [4.69, 9.17) is 4.74 Å². The van der Waals surface area contributed by atoms with Gasteiger partial charge in [0.05, 0.1) is 6.61 Å². The van der Waals surface area contributed by atoms with Gasteiger partial charge in [0.15, 0.2) is 5.96 Å². The maximum atomic E-state index is 11.8. The van der Waals surface area contributed by atoms with Crippen LogP contribution in [0.4, 0.5) is 10.5 Å². The number of rotatable bonds is 6. The van der Waals surface area contributed by atoms with E-state index in [0.717, 1.165) is 25.3 Å². The van der Waals surface area contributed by atoms with E-state index in [0.29, 0.717) is 31.8 Å². The summed E-state index contributed by atoms with van der Waals surface area (Å²) in [5, 5.41) is 6.89. The predicted octanol–water partition coefficient (Wildman–Crippen LogP) is 2.92. The molecule has 1 aliphatic heterocycles. The van der Waals surface area contributed by atoms with Crippen LogP contribution in [-0.2, 0) is 4.74 Å². The number of ether oxygens (including phenoxy) is 1. The highest BCUT2D eigenvalue weighted by molar-refractivity contribution is 14.0. The lowest BCUT2D eigenvalue weighted by Gasteiger charge is -2.33. The molecular formula is C20H34IN5O2. The molecule has 0 aromatic heterocycles. The third kappa shape index (κ3) is 7.37. The molecule has 1 saturated heterocycles. The van der Waals surface area contributed by atoms with Gasteiger partial charge >= 0.3 is 6.09 Å². The number of carbonyl (C=O) groups excluding carboxylic acids is 1. The fourth-order valence-corrected chi connectivity index (χ4v) is 3.11. The summed E-state index contributed by atoms with van der Waals surface area (Å²) in [7, 11) is 3.89. The monoisotopic (exact) mass is 503 g/mol. The van der Waals surface area contributed by atoms with E-state index in [-0.39, 0.29) is 30.1 Å². The highest BCUT2D eigenvalue weighted by Gasteiger charge is 2.24. The van der Waals surface area contributed by atoms with Crippen LogP contribution < -0.4 is 15.5 Å². The predicted molar refractivity (Wildman–Crippen MR) is 126 cm³/mol. The largest absolute Gasteiger partial charge is 0.450 e. The summed E-state index contributed by atoms with van der Waals surface area (Å²) in [6.45, 7) is 6.64. The van der Waals surface area contributed by atoms with E-state index >= 15 is 0 Å². The number of carbonyl (C=O) groups is 1. The molecule has 0 spiro atoms. The molecule has 1 aromatic carbocycles. The number of para-hydroxylation sites is 1. The van der Waals surface area contributed by atoms with Crippen LogP contribution in [0.2, 0.25) is 0 Å². The van der Waals surface area contributed by atoms with Crippen molar-refractivity contribution in [3.05, 3.63) is 30.3 Å². The third-order valence-electron chi connectivity index (χ3n) is 4.97. The summed E-state index contributed by atoms with van der Waals surface area (Å²) in [6, 6.07) is 11.0. The topological polar surface area (TPSA) is 69.2 Å². The highest BCUT2D eigenvalue weighted by Crippen LogP contribution is 2.14. The standard InChI is InChI=1S/C20H33N5O2.HI/c1-5-27-20(26)25-13-11-17(12-14-25)23-19(21-3)22-15-16(2)24(4)18-9-7-6-8-10-18;/h6-10,16-17H,5,11-15H2,1-4H3,(H2,21,22,23);1H. The summed E-state index contributed by atoms with van der Waals surface area (Å²) >= 11 is 0. The maximum absolute atomic E-state index is 11.8. The van der Waals surface area contributed by atoms with Crippen LogP contribution in [0.25, 0.3) is 0 Å². The molecule has 0 radical (unpaired) electrons. The zero-order valence-electron chi connectivity index (χ0n) is 17.4. The number of hydrogen-bond acceptors (Lipinski definition) is 4. The number of halogens is 1. The van der Waals surface area contributed by atoms with Gasteiger partial charge in [-0.3, -0.25) is 4.99 Å². The SMILES string of the molecule is CCOC(=O)N1CCC(NC(=NC)NCC(C)N(C)c2ccccc2)CC1.I. The summed E-state index contributed by atoms with van der Waals surface area (Å²) in [5.41, 5.74) is 1.20. The first-order chi connectivity index (χ1) is 13.0. The minimum Gasteiger partial charge on any atom is -0.450 e. The first-order valence-corrected chi connectivity index (χ1v) is 9.71. The van der Waals surface area contributed by atoms with E-state index in [1.54, 1.807) is 11.9 Å². The molecule has 8 heteroatoms. The molecule has 1 heterocycles. The van der Waals surface area contributed by atoms with Crippen molar-refractivity contribution in [3.63, 3.8) is 0 Å². The second kappa shape index (κ2) is 12.7. The fourth-order valence-electron chi connectivity index (χ4n) is 3.11. The molecule has 0 aliphatic carbocycles. The molecule has 1 aromatic rings. The van der Waals surface area contributed by atoms with Crippen molar-refractivity contribution < 1.29 is 9.53 Å². The quantitative estimate of drug-likeness (QED) is 0.355. The van der Waals surface area contributed by atoms with Gasteiger partial charge in [-0.25, -0.2) is 4.79 Å². The molecule has 1 fully saturated rings. The molecule has 1 unspecified atom stereocenters. The van der Waals surface area contributed by atoms with Crippen molar-refractivity contribution in [2.24, 2.45) is 4.99 Å². The number of nitrogens with zero attached hydrogens (tertiary/aromatic N) is 3. The van der Waals surface area contributed by atoms with Crippen molar-refractivity contribution in [2.75, 3.05) is 45.2 Å². The first-order valence-electron chi connectivity index (χ1n) is 9.71. The number of hydrogen-bond donors (Lipinski definition) is 2. The van der Waals surface area contributed by atoms with E-state index in [1.807, 2.05) is 13.0 Å². The Hall–Kier alpha value is -1.71. The van der Waals surface area contributed by atoms with E-state index < -0.39 is 0 Å². The van der Waals surface area contributed by atoms with Gasteiger partial charge in [0, 0.05) is 51.5 Å². The smallest absolute Gasteiger partial charge is 0.409 e. The van der Waals surface area contributed by atoms with Crippen LogP contribution in [0.5, 0.6) is 0 Å². The molecular weight excluding hydrogens is 469 g/mol. The number of piperidine rings is 1. The Kier molecular flexibility index (Phi) is 11.0. The number of nitrogens with one attached hydrogen (secondary N) is 2. The van der Waals surface area contributed by atoms with Crippen molar-refractivity contribution in [1.82, 2.24) is 15.5 Å². The molecule has 1 amide bonds. The molecule has 1 atom stereocenters. The van der Waals surface area contributed by atoms with Gasteiger partial charge in [0.2, 0.25) is 0 Å². The van der Waals surface area contributed by atoms with Gasteiger partial charge < -0.3 is 25.2 Å². The fraction of sp³-hybridized carbons (Fsp3) is 0.600. The molecule has 158 valence electrons. The minimum atomic E-state index is -0.212. The lowest BCUT2D eigenvalue weighted by molar-refractivity contribution is 0.0963. The van der Waals surface area contributed by atoms with E-state index in [2.05, 4.69) is 58.8 Å². The molecule has 2 N–H and O–H groups in total. The van der Waals surface area contributed by atoms with Gasteiger partial charge in [-0.15, -0.1) is 24.0 Å². The Labute approximate surface area is 185 Å². The van der Waals surface area contributed by atoms with Gasteiger partial charge in [0.1, 0.15) is 0 Å². The average molecular weight is 503 g/mol. The number of benzene rings is 1. The normalized spacial score (nSPS) is 16.0. The summed E-state index contributed by atoms with van der Waals surface area (Å²) in [5.74, 6) is 0.804. The highest BCUT2D eigenvalue weighted by atomic mass is 127. The molecule has 1 aliphatic rings. The Morgan fingerprint density at radius 2 is 1.96 bits per heavy atom. The number of amides is 1. The van der Waals surface area contributed by atoms with Crippen LogP contribution in [0.1, 0.15) is 26.7 Å². The number of guanidine groups is 1. The zero-order chi connectivity index (χ0) is 19.6. The number of anilines is 1. The maximum Gasteiger partial charge on any atom is 0.409 e. The number of aliphatic imine (C=N–C) groups is 1. The Bertz CT molecular complexity index is 606. The second-order valence-corrected chi connectivity index (χ2v) is 6.85. The Morgan fingerprint density at radius 3 is 2.54 bits per heavy atom. The summed E-state index contributed by atoms with van der Waals surface area (Å²) < 4.78 is 5.07. The minimum absolute atomic E-state index is 0. The molecule has 7 nitrogen and oxygen atoms in total. The van der Waals surface area contributed by atoms with Gasteiger partial charge in [0.25, 0.3) is 0 Å². The zero-order valence-corrected chi connectivity index (χ0v) is 19.7. The van der Waals surface area contributed by atoms with E-state index in [9.17, 15) is 4.79 Å². The van der Waals surface area contributed by atoms with Gasteiger partial charge in [-0.2, -0.15) is 0 Å². The Balaban J connectivity index is 0.00000392. The van der Waals surface area contributed by atoms with Crippen LogP contribution in [0, 0.1) is 0 Å². The third-order valence-corrected chi connectivity index (χ3v) is 4.97. The van der Waals surface area contributed by atoms with Crippen molar-refractivity contribution in [1.29, 1.82) is 0 Å². The van der Waals surface area contributed by atoms with Crippen LogP contribution in [-0.4, -0.2) is 69.4 Å². The number of likely N-dealkylation sites (tertiary alicyclic amines) is 1. The van der Waals surface area contributed by atoms with Gasteiger partial charge in [-0.05, 0) is 38.8 Å².